The monoisotopic (exact) mass is 860 g/mol. The van der Waals surface area contributed by atoms with E-state index in [1.54, 1.807) is 0 Å². The Labute approximate surface area is 347 Å². The van der Waals surface area contributed by atoms with Crippen molar-refractivity contribution in [2.24, 2.45) is 50.2 Å². The number of allylic oxidation sites excluding steroid dienone is 2. The lowest BCUT2D eigenvalue weighted by atomic mass is 9.33. The van der Waals surface area contributed by atoms with Gasteiger partial charge in [0.25, 0.3) is 0 Å². The Morgan fingerprint density at radius 3 is 2.02 bits per heavy atom. The number of aliphatic hydroxyl groups is 7. The SMILES string of the molecule is CC1(C)CCC2(C(=O)OC3OC(COC4OC(CO)C(O)C(O)C4O)C(O)C(O)C3O)CCC3(C)C(=CCC4C5(C)CCC(OS(=O)(=O)O)C(C)(C)C5CCC43C)C2C1. The summed E-state index contributed by atoms with van der Waals surface area (Å²) in [6.07, 6.45) is -7.34. The Hall–Kier alpha value is -1.32. The molecule has 5 aliphatic carbocycles. The van der Waals surface area contributed by atoms with Gasteiger partial charge in [0, 0.05) is 0 Å². The van der Waals surface area contributed by atoms with Gasteiger partial charge in [0.15, 0.2) is 6.29 Å². The molecule has 16 nitrogen and oxygen atoms in total. The summed E-state index contributed by atoms with van der Waals surface area (Å²) >= 11 is 0. The van der Waals surface area contributed by atoms with Gasteiger partial charge in [-0.1, -0.05) is 60.1 Å². The molecule has 2 heterocycles. The van der Waals surface area contributed by atoms with E-state index >= 15 is 0 Å². The third-order valence-corrected chi connectivity index (χ3v) is 17.9. The molecule has 4 saturated carbocycles. The maximum atomic E-state index is 14.8. The number of hydrogen-bond donors (Lipinski definition) is 8. The van der Waals surface area contributed by atoms with Crippen LogP contribution in [0.5, 0.6) is 0 Å². The predicted octanol–water partition coefficient (Wildman–Crippen LogP) is 2.14. The number of rotatable bonds is 8. The van der Waals surface area contributed by atoms with Gasteiger partial charge in [0.05, 0.1) is 24.7 Å². The highest BCUT2D eigenvalue weighted by Crippen LogP contribution is 2.76. The number of carbonyl (C=O) groups excluding carboxylic acids is 1. The van der Waals surface area contributed by atoms with Gasteiger partial charge >= 0.3 is 16.4 Å². The third kappa shape index (κ3) is 7.37. The smallest absolute Gasteiger partial charge is 0.397 e. The van der Waals surface area contributed by atoms with Gasteiger partial charge in [-0.25, -0.2) is 4.18 Å². The van der Waals surface area contributed by atoms with Crippen LogP contribution in [0.1, 0.15) is 113 Å². The molecule has 0 aromatic carbocycles. The summed E-state index contributed by atoms with van der Waals surface area (Å²) in [6, 6.07) is 0. The van der Waals surface area contributed by atoms with Crippen LogP contribution in [0.25, 0.3) is 0 Å². The molecule has 18 atom stereocenters. The molecule has 7 aliphatic rings. The zero-order valence-electron chi connectivity index (χ0n) is 35.4. The molecule has 2 aliphatic heterocycles. The summed E-state index contributed by atoms with van der Waals surface area (Å²) < 4.78 is 61.6. The van der Waals surface area contributed by atoms with Crippen molar-refractivity contribution in [3.05, 3.63) is 11.6 Å². The number of fused-ring (bicyclic) bond motifs is 7. The first kappa shape index (κ1) is 45.7. The molecule has 8 N–H and O–H groups in total. The molecule has 338 valence electrons. The van der Waals surface area contributed by atoms with Crippen LogP contribution in [0.4, 0.5) is 0 Å². The summed E-state index contributed by atoms with van der Waals surface area (Å²) in [5.41, 5.74) is -0.848. The van der Waals surface area contributed by atoms with E-state index < -0.39 is 108 Å². The van der Waals surface area contributed by atoms with Crippen LogP contribution in [0.15, 0.2) is 11.6 Å². The molecule has 18 unspecified atom stereocenters. The fraction of sp³-hybridized carbons (Fsp3) is 0.929. The van der Waals surface area contributed by atoms with E-state index in [4.69, 9.17) is 23.1 Å². The lowest BCUT2D eigenvalue weighted by Gasteiger charge is -2.71. The van der Waals surface area contributed by atoms with Gasteiger partial charge in [0.2, 0.25) is 6.29 Å². The Balaban J connectivity index is 1.13. The first-order valence-electron chi connectivity index (χ1n) is 21.5. The van der Waals surface area contributed by atoms with E-state index in [1.807, 2.05) is 0 Å². The molecule has 6 fully saturated rings. The van der Waals surface area contributed by atoms with Crippen molar-refractivity contribution in [1.29, 1.82) is 0 Å². The van der Waals surface area contributed by atoms with Gasteiger partial charge < -0.3 is 54.7 Å². The number of hydrogen-bond acceptors (Lipinski definition) is 15. The van der Waals surface area contributed by atoms with Gasteiger partial charge in [0.1, 0.15) is 48.8 Å². The van der Waals surface area contributed by atoms with Crippen molar-refractivity contribution in [3.63, 3.8) is 0 Å². The van der Waals surface area contributed by atoms with Gasteiger partial charge in [-0.15, -0.1) is 0 Å². The van der Waals surface area contributed by atoms with Crippen LogP contribution >= 0.6 is 0 Å². The molecule has 0 spiro atoms. The van der Waals surface area contributed by atoms with Crippen LogP contribution in [-0.2, 0) is 38.3 Å². The number of carbonyl (C=O) groups is 1. The number of ether oxygens (including phenoxy) is 4. The number of esters is 1. The summed E-state index contributed by atoms with van der Waals surface area (Å²) in [6.45, 7) is 14.5. The molecule has 17 heteroatoms. The van der Waals surface area contributed by atoms with E-state index in [0.717, 1.165) is 38.5 Å². The number of aliphatic hydroxyl groups excluding tert-OH is 7. The maximum absolute atomic E-state index is 14.8. The fourth-order valence-electron chi connectivity index (χ4n) is 13.7. The Morgan fingerprint density at radius 2 is 1.37 bits per heavy atom. The quantitative estimate of drug-likeness (QED) is 0.0988. The van der Waals surface area contributed by atoms with Crippen LogP contribution in [-0.4, -0.2) is 135 Å². The molecule has 2 saturated heterocycles. The van der Waals surface area contributed by atoms with Crippen LogP contribution in [0.3, 0.4) is 0 Å². The van der Waals surface area contributed by atoms with Crippen molar-refractivity contribution in [2.75, 3.05) is 13.2 Å². The summed E-state index contributed by atoms with van der Waals surface area (Å²) in [7, 11) is -4.62. The Bertz CT molecular complexity index is 1740. The van der Waals surface area contributed by atoms with Gasteiger partial charge in [-0.3, -0.25) is 9.35 Å². The first-order chi connectivity index (χ1) is 27.3. The van der Waals surface area contributed by atoms with E-state index in [0.29, 0.717) is 25.7 Å². The third-order valence-electron chi connectivity index (χ3n) is 17.4. The van der Waals surface area contributed by atoms with E-state index in [2.05, 4.69) is 54.5 Å². The summed E-state index contributed by atoms with van der Waals surface area (Å²) in [5, 5.41) is 73.2. The van der Waals surface area contributed by atoms with E-state index in [1.165, 1.54) is 5.57 Å². The summed E-state index contributed by atoms with van der Waals surface area (Å²) in [5.74, 6) is -0.312. The predicted molar refractivity (Wildman–Crippen MR) is 208 cm³/mol. The normalized spacial score (nSPS) is 50.6. The Kier molecular flexibility index (Phi) is 12.0. The highest BCUT2D eigenvalue weighted by atomic mass is 32.3. The molecule has 0 bridgehead atoms. The molecular weight excluding hydrogens is 793 g/mol. The minimum atomic E-state index is -4.62. The zero-order valence-corrected chi connectivity index (χ0v) is 36.2. The van der Waals surface area contributed by atoms with Crippen LogP contribution in [0.2, 0.25) is 0 Å². The Morgan fingerprint density at radius 1 is 0.763 bits per heavy atom. The molecule has 59 heavy (non-hydrogen) atoms. The van der Waals surface area contributed by atoms with Crippen LogP contribution < -0.4 is 0 Å². The molecular formula is C42H68O16S. The first-order valence-corrected chi connectivity index (χ1v) is 22.8. The molecule has 0 aromatic rings. The lowest BCUT2D eigenvalue weighted by molar-refractivity contribution is -0.328. The standard InChI is InChI=1S/C42H68O16S/c1-37(2)14-16-42(36(50)57-35-33(49)31(47)29(45)24(56-35)20-54-34-32(48)30(46)28(44)23(19-43)55-34)17-15-40(6)21(22(42)18-37)8-9-26-39(5)12-11-27(58-59(51,52)53)38(3,4)25(39)10-13-41(26,40)7/h8,22-35,43-49H,9-20H2,1-7H3,(H,51,52,53). The minimum Gasteiger partial charge on any atom is -0.432 e. The summed E-state index contributed by atoms with van der Waals surface area (Å²) in [4.78, 5) is 14.8. The molecule has 0 amide bonds. The van der Waals surface area contributed by atoms with Crippen molar-refractivity contribution < 1.29 is 76.6 Å². The average molecular weight is 861 g/mol. The maximum Gasteiger partial charge on any atom is 0.397 e. The van der Waals surface area contributed by atoms with Gasteiger partial charge in [-0.05, 0) is 109 Å². The molecule has 0 aromatic heterocycles. The second-order valence-electron chi connectivity index (χ2n) is 21.2. The van der Waals surface area contributed by atoms with E-state index in [9.17, 15) is 53.5 Å². The molecule has 0 radical (unpaired) electrons. The second-order valence-corrected chi connectivity index (χ2v) is 22.2. The largest absolute Gasteiger partial charge is 0.432 e. The van der Waals surface area contributed by atoms with Crippen molar-refractivity contribution in [1.82, 2.24) is 0 Å². The van der Waals surface area contributed by atoms with Crippen LogP contribution in [0, 0.1) is 50.2 Å². The highest BCUT2D eigenvalue weighted by Gasteiger charge is 2.70. The second kappa shape index (κ2) is 15.4. The van der Waals surface area contributed by atoms with Gasteiger partial charge in [-0.2, -0.15) is 8.42 Å². The molecule has 7 rings (SSSR count). The van der Waals surface area contributed by atoms with Crippen molar-refractivity contribution in [2.45, 2.75) is 180 Å². The van der Waals surface area contributed by atoms with Crippen molar-refractivity contribution >= 4 is 16.4 Å². The minimum absolute atomic E-state index is 0.0849. The highest BCUT2D eigenvalue weighted by molar-refractivity contribution is 7.80. The fourth-order valence-corrected chi connectivity index (χ4v) is 14.3. The van der Waals surface area contributed by atoms with Crippen molar-refractivity contribution in [3.8, 4) is 0 Å². The topological polar surface area (TPSA) is 259 Å². The van der Waals surface area contributed by atoms with E-state index in [-0.39, 0.29) is 39.4 Å². The average Bonchev–Trinajstić information content (AvgIpc) is 3.15. The lowest BCUT2D eigenvalue weighted by Crippen LogP contribution is -2.65. The zero-order chi connectivity index (χ0) is 43.5.